The number of fused-ring (bicyclic) bond motifs is 1. The molecule has 1 aromatic carbocycles. The van der Waals surface area contributed by atoms with Crippen molar-refractivity contribution in [1.29, 1.82) is 0 Å². The summed E-state index contributed by atoms with van der Waals surface area (Å²) in [6, 6.07) is 8.90. The lowest BCUT2D eigenvalue weighted by Gasteiger charge is -2.34. The highest BCUT2D eigenvalue weighted by atomic mass is 32.2. The first-order chi connectivity index (χ1) is 15.9. The summed E-state index contributed by atoms with van der Waals surface area (Å²) < 4.78 is 54.9. The van der Waals surface area contributed by atoms with Gasteiger partial charge in [-0.2, -0.15) is 8.61 Å². The molecule has 1 aliphatic carbocycles. The highest BCUT2D eigenvalue weighted by Gasteiger charge is 2.31. The minimum atomic E-state index is -3.54. The van der Waals surface area contributed by atoms with Gasteiger partial charge in [0.15, 0.2) is 0 Å². The van der Waals surface area contributed by atoms with E-state index in [-0.39, 0.29) is 4.90 Å². The molecule has 0 radical (unpaired) electrons. The maximum Gasteiger partial charge on any atom is 0.244 e. The highest BCUT2D eigenvalue weighted by molar-refractivity contribution is 7.89. The molecule has 10 heteroatoms. The molecule has 2 fully saturated rings. The van der Waals surface area contributed by atoms with Crippen LogP contribution in [0.15, 0.2) is 46.3 Å². The minimum absolute atomic E-state index is 0.210. The Morgan fingerprint density at radius 2 is 1.24 bits per heavy atom. The lowest BCUT2D eigenvalue weighted by Crippen LogP contribution is -2.49. The van der Waals surface area contributed by atoms with Crippen LogP contribution >= 0.6 is 0 Å². The molecule has 0 saturated carbocycles. The summed E-state index contributed by atoms with van der Waals surface area (Å²) in [4.78, 5) is 6.98. The minimum Gasteiger partial charge on any atom is -0.354 e. The van der Waals surface area contributed by atoms with Gasteiger partial charge in [-0.1, -0.05) is 6.07 Å². The summed E-state index contributed by atoms with van der Waals surface area (Å²) in [5.74, 6) is 0.668. The summed E-state index contributed by atoms with van der Waals surface area (Å²) in [6.45, 7) is 2.88. The third-order valence-corrected chi connectivity index (χ3v) is 10.7. The molecular formula is C23H30N4O4S2. The fraction of sp³-hybridized carbons (Fsp3) is 0.522. The monoisotopic (exact) mass is 490 g/mol. The second kappa shape index (κ2) is 8.98. The molecule has 178 valence electrons. The van der Waals surface area contributed by atoms with E-state index in [2.05, 4.69) is 4.98 Å². The van der Waals surface area contributed by atoms with Crippen LogP contribution in [0.2, 0.25) is 0 Å². The number of piperazine rings is 1. The smallest absolute Gasteiger partial charge is 0.244 e. The zero-order valence-corrected chi connectivity index (χ0v) is 20.3. The third-order valence-electron chi connectivity index (χ3n) is 6.94. The van der Waals surface area contributed by atoms with Crippen molar-refractivity contribution in [2.24, 2.45) is 0 Å². The van der Waals surface area contributed by atoms with Crippen molar-refractivity contribution in [3.63, 3.8) is 0 Å². The van der Waals surface area contributed by atoms with Crippen LogP contribution in [0, 0.1) is 0 Å². The normalized spacial score (nSPS) is 20.7. The van der Waals surface area contributed by atoms with Crippen molar-refractivity contribution in [3.8, 4) is 0 Å². The van der Waals surface area contributed by atoms with Gasteiger partial charge in [0.05, 0.1) is 4.90 Å². The lowest BCUT2D eigenvalue weighted by molar-refractivity contribution is 0.383. The molecule has 3 heterocycles. The van der Waals surface area contributed by atoms with Gasteiger partial charge in [0.1, 0.15) is 10.7 Å². The molecule has 2 aliphatic heterocycles. The van der Waals surface area contributed by atoms with Gasteiger partial charge >= 0.3 is 0 Å². The van der Waals surface area contributed by atoms with E-state index in [4.69, 9.17) is 0 Å². The van der Waals surface area contributed by atoms with Crippen molar-refractivity contribution >= 4 is 25.9 Å². The molecule has 2 aromatic rings. The molecule has 0 spiro atoms. The summed E-state index contributed by atoms with van der Waals surface area (Å²) in [5, 5.41) is 0. The first-order valence-corrected chi connectivity index (χ1v) is 14.6. The van der Waals surface area contributed by atoms with Gasteiger partial charge in [-0.05, 0) is 73.9 Å². The van der Waals surface area contributed by atoms with Gasteiger partial charge in [0, 0.05) is 45.5 Å². The van der Waals surface area contributed by atoms with Gasteiger partial charge in [-0.25, -0.2) is 21.8 Å². The van der Waals surface area contributed by atoms with Crippen molar-refractivity contribution in [2.75, 3.05) is 44.2 Å². The first-order valence-electron chi connectivity index (χ1n) is 11.7. The Labute approximate surface area is 196 Å². The van der Waals surface area contributed by atoms with Crippen LogP contribution in [0.3, 0.4) is 0 Å². The Bertz CT molecular complexity index is 1220. The summed E-state index contributed by atoms with van der Waals surface area (Å²) in [5.41, 5.74) is 2.43. The van der Waals surface area contributed by atoms with Crippen molar-refractivity contribution < 1.29 is 16.8 Å². The Balaban J connectivity index is 1.25. The van der Waals surface area contributed by atoms with Crippen LogP contribution < -0.4 is 4.90 Å². The Morgan fingerprint density at radius 1 is 0.636 bits per heavy atom. The number of aryl methyl sites for hydroxylation is 2. The van der Waals surface area contributed by atoms with E-state index in [1.165, 1.54) is 22.5 Å². The molecule has 8 nitrogen and oxygen atoms in total. The maximum absolute atomic E-state index is 13.2. The van der Waals surface area contributed by atoms with E-state index >= 15 is 0 Å². The topological polar surface area (TPSA) is 90.9 Å². The summed E-state index contributed by atoms with van der Waals surface area (Å²) in [6.07, 6.45) is 7.45. The van der Waals surface area contributed by atoms with Crippen LogP contribution in [0.1, 0.15) is 36.8 Å². The van der Waals surface area contributed by atoms with Gasteiger partial charge in [-0.15, -0.1) is 0 Å². The second-order valence-electron chi connectivity index (χ2n) is 8.99. The Kier molecular flexibility index (Phi) is 6.19. The Morgan fingerprint density at radius 3 is 1.91 bits per heavy atom. The molecule has 2 saturated heterocycles. The molecule has 0 unspecified atom stereocenters. The van der Waals surface area contributed by atoms with Crippen LogP contribution in [0.4, 0.5) is 5.82 Å². The number of rotatable bonds is 5. The van der Waals surface area contributed by atoms with Crippen LogP contribution in [-0.4, -0.2) is 69.7 Å². The van der Waals surface area contributed by atoms with Gasteiger partial charge in [-0.3, -0.25) is 0 Å². The number of hydrogen-bond donors (Lipinski definition) is 0. The number of pyridine rings is 1. The lowest BCUT2D eigenvalue weighted by atomic mass is 9.92. The fourth-order valence-electron chi connectivity index (χ4n) is 4.97. The third kappa shape index (κ3) is 4.41. The van der Waals surface area contributed by atoms with E-state index in [0.29, 0.717) is 50.0 Å². The summed E-state index contributed by atoms with van der Waals surface area (Å²) in [7, 11) is -7.02. The van der Waals surface area contributed by atoms with Crippen LogP contribution in [0.5, 0.6) is 0 Å². The van der Waals surface area contributed by atoms with Crippen molar-refractivity contribution in [2.45, 2.75) is 48.3 Å². The van der Waals surface area contributed by atoms with Gasteiger partial charge in [0.25, 0.3) is 0 Å². The average molecular weight is 491 g/mol. The molecule has 0 N–H and O–H groups in total. The first kappa shape index (κ1) is 22.8. The van der Waals surface area contributed by atoms with Crippen LogP contribution in [0.25, 0.3) is 0 Å². The molecular weight excluding hydrogens is 460 g/mol. The number of hydrogen-bond acceptors (Lipinski definition) is 6. The zero-order chi connectivity index (χ0) is 23.1. The van der Waals surface area contributed by atoms with Crippen molar-refractivity contribution in [1.82, 2.24) is 13.6 Å². The number of nitrogens with zero attached hydrogens (tertiary/aromatic N) is 4. The van der Waals surface area contributed by atoms with E-state index in [1.807, 2.05) is 17.0 Å². The average Bonchev–Trinajstić information content (AvgIpc) is 3.40. The molecule has 0 bridgehead atoms. The molecule has 5 rings (SSSR count). The van der Waals surface area contributed by atoms with E-state index in [0.717, 1.165) is 37.7 Å². The highest BCUT2D eigenvalue weighted by Crippen LogP contribution is 2.27. The van der Waals surface area contributed by atoms with Gasteiger partial charge in [0.2, 0.25) is 20.0 Å². The maximum atomic E-state index is 13.2. The molecule has 33 heavy (non-hydrogen) atoms. The number of benzene rings is 1. The second-order valence-corrected chi connectivity index (χ2v) is 12.9. The number of aromatic nitrogens is 1. The van der Waals surface area contributed by atoms with E-state index in [1.54, 1.807) is 22.5 Å². The molecule has 3 aliphatic rings. The van der Waals surface area contributed by atoms with Crippen molar-refractivity contribution in [3.05, 3.63) is 47.7 Å². The predicted octanol–water partition coefficient (Wildman–Crippen LogP) is 2.26. The van der Waals surface area contributed by atoms with E-state index < -0.39 is 20.0 Å². The molecule has 0 amide bonds. The molecule has 1 aromatic heterocycles. The SMILES string of the molecule is O=S(=O)(c1ccc(N2CCN(S(=O)(=O)c3ccc4c(c3)CCCC4)CC2)nc1)N1CCCC1. The molecule has 0 atom stereocenters. The number of anilines is 1. The number of sulfonamides is 2. The quantitative estimate of drug-likeness (QED) is 0.639. The van der Waals surface area contributed by atoms with E-state index in [9.17, 15) is 16.8 Å². The standard InChI is InChI=1S/C23H30N4O4S2/c28-32(29,21-8-7-19-5-1-2-6-20(19)17-21)27-15-13-25(14-16-27)23-10-9-22(18-24-23)33(30,31)26-11-3-4-12-26/h7-10,17-18H,1-6,11-16H2. The predicted molar refractivity (Wildman–Crippen MR) is 126 cm³/mol. The zero-order valence-electron chi connectivity index (χ0n) is 18.7. The fourth-order valence-corrected chi connectivity index (χ4v) is 7.90. The van der Waals surface area contributed by atoms with Gasteiger partial charge < -0.3 is 4.90 Å². The Hall–Kier alpha value is -2.01. The largest absolute Gasteiger partial charge is 0.354 e. The summed E-state index contributed by atoms with van der Waals surface area (Å²) >= 11 is 0. The van der Waals surface area contributed by atoms with Crippen LogP contribution in [-0.2, 0) is 32.9 Å².